The van der Waals surface area contributed by atoms with E-state index in [4.69, 9.17) is 0 Å². The van der Waals surface area contributed by atoms with Gasteiger partial charge in [-0.25, -0.2) is 0 Å². The van der Waals surface area contributed by atoms with Crippen LogP contribution in [0.25, 0.3) is 22.6 Å². The van der Waals surface area contributed by atoms with Crippen molar-refractivity contribution >= 4 is 34.1 Å². The van der Waals surface area contributed by atoms with E-state index >= 15 is 0 Å². The number of hydrogen-bond acceptors (Lipinski definition) is 3. The molecule has 1 aliphatic heterocycles. The average Bonchev–Trinajstić information content (AvgIpc) is 3.18. The lowest BCUT2D eigenvalue weighted by Gasteiger charge is -2.08. The molecule has 152 valence electrons. The Bertz CT molecular complexity index is 1380. The van der Waals surface area contributed by atoms with E-state index in [1.54, 1.807) is 0 Å². The molecule has 2 heterocycles. The molecule has 1 N–H and O–H groups in total. The van der Waals surface area contributed by atoms with E-state index in [0.717, 1.165) is 46.7 Å². The molecule has 1 aromatic heterocycles. The third-order valence-electron chi connectivity index (χ3n) is 5.60. The molecule has 1 amide bonds. The third-order valence-corrected chi connectivity index (χ3v) is 5.60. The molecular weight excluding hydrogens is 386 g/mol. The van der Waals surface area contributed by atoms with Crippen LogP contribution in [0.5, 0.6) is 0 Å². The van der Waals surface area contributed by atoms with Crippen molar-refractivity contribution in [2.45, 2.75) is 19.9 Å². The second-order valence-electron chi connectivity index (χ2n) is 7.77. The van der Waals surface area contributed by atoms with E-state index in [-0.39, 0.29) is 11.5 Å². The summed E-state index contributed by atoms with van der Waals surface area (Å²) in [5.74, 6) is 0.582. The molecule has 0 bridgehead atoms. The second-order valence-corrected chi connectivity index (χ2v) is 7.77. The Hall–Kier alpha value is -3.99. The van der Waals surface area contributed by atoms with Crippen molar-refractivity contribution in [1.29, 1.82) is 0 Å². The largest absolute Gasteiger partial charge is 0.325 e. The zero-order chi connectivity index (χ0) is 21.4. The number of fused-ring (bicyclic) bond motifs is 3. The highest BCUT2D eigenvalue weighted by atomic mass is 16.1. The summed E-state index contributed by atoms with van der Waals surface area (Å²) < 4.78 is 2.10. The fraction of sp³-hybridized carbons (Fsp3) is 0.115. The van der Waals surface area contributed by atoms with Crippen LogP contribution in [-0.2, 0) is 6.54 Å². The summed E-state index contributed by atoms with van der Waals surface area (Å²) >= 11 is 0. The lowest BCUT2D eigenvalue weighted by molar-refractivity contribution is 0.102. The Morgan fingerprint density at radius 2 is 1.74 bits per heavy atom. The number of carbonyl (C=O) groups is 1. The van der Waals surface area contributed by atoms with E-state index in [0.29, 0.717) is 10.9 Å². The summed E-state index contributed by atoms with van der Waals surface area (Å²) in [6.45, 7) is 2.81. The predicted molar refractivity (Wildman–Crippen MR) is 124 cm³/mol. The van der Waals surface area contributed by atoms with Gasteiger partial charge >= 0.3 is 0 Å². The highest BCUT2D eigenvalue weighted by molar-refractivity contribution is 6.04. The van der Waals surface area contributed by atoms with Crippen molar-refractivity contribution in [3.05, 3.63) is 106 Å². The molecule has 1 aliphatic rings. The van der Waals surface area contributed by atoms with Gasteiger partial charge < -0.3 is 9.88 Å². The topological polar surface area (TPSA) is 64.0 Å². The number of hydrogen-bond donors (Lipinski definition) is 1. The number of carbonyl (C=O) groups excluding carboxylic acids is 1. The van der Waals surface area contributed by atoms with Crippen LogP contribution < -0.4 is 10.9 Å². The molecule has 0 fully saturated rings. The minimum absolute atomic E-state index is 0.144. The Morgan fingerprint density at radius 1 is 1.00 bits per heavy atom. The van der Waals surface area contributed by atoms with Gasteiger partial charge in [-0.3, -0.25) is 9.59 Å². The summed E-state index contributed by atoms with van der Waals surface area (Å²) in [7, 11) is 0. The van der Waals surface area contributed by atoms with E-state index in [1.807, 2.05) is 85.8 Å². The number of aromatic nitrogens is 2. The van der Waals surface area contributed by atoms with Crippen LogP contribution in [0, 0.1) is 6.92 Å². The number of nitrogens with one attached hydrogen (secondary N) is 1. The minimum Gasteiger partial charge on any atom is -0.325 e. The highest BCUT2D eigenvalue weighted by Crippen LogP contribution is 2.29. The number of anilines is 1. The van der Waals surface area contributed by atoms with Crippen molar-refractivity contribution in [2.24, 2.45) is 0 Å². The Kier molecular flexibility index (Phi) is 4.71. The molecule has 0 aliphatic carbocycles. The molecule has 0 saturated heterocycles. The number of amides is 1. The van der Waals surface area contributed by atoms with E-state index < -0.39 is 0 Å². The maximum absolute atomic E-state index is 12.5. The number of rotatable bonds is 3. The highest BCUT2D eigenvalue weighted by Gasteiger charge is 2.20. The first-order valence-electron chi connectivity index (χ1n) is 10.3. The average molecular weight is 407 g/mol. The summed E-state index contributed by atoms with van der Waals surface area (Å²) in [5.41, 5.74) is 5.23. The van der Waals surface area contributed by atoms with E-state index in [2.05, 4.69) is 14.9 Å². The van der Waals surface area contributed by atoms with Crippen LogP contribution in [0.1, 0.15) is 33.7 Å². The molecule has 0 saturated carbocycles. The maximum atomic E-state index is 12.5. The van der Waals surface area contributed by atoms with Gasteiger partial charge in [0.15, 0.2) is 0 Å². The molecule has 5 heteroatoms. The number of aryl methyl sites for hydroxylation is 2. The van der Waals surface area contributed by atoms with Crippen molar-refractivity contribution in [1.82, 2.24) is 9.55 Å². The first-order valence-corrected chi connectivity index (χ1v) is 10.3. The van der Waals surface area contributed by atoms with E-state index in [9.17, 15) is 9.59 Å². The minimum atomic E-state index is -0.197. The Balaban J connectivity index is 1.40. The van der Waals surface area contributed by atoms with Gasteiger partial charge in [0.1, 0.15) is 5.82 Å². The van der Waals surface area contributed by atoms with Gasteiger partial charge in [0, 0.05) is 17.8 Å². The standard InChI is InChI=1S/C26H21N3O2/c1-17-6-12-21(13-7-17)27-25(30)19-10-8-18(9-11-19)16-20-14-15-29-23-5-3-2-4-22(23)26(31)28-24(20)29/h2-13,16H,14-15H2,1H3,(H,27,30)/b20-16+. The molecule has 0 radical (unpaired) electrons. The number of nitrogens with zero attached hydrogens (tertiary/aromatic N) is 2. The summed E-state index contributed by atoms with van der Waals surface area (Å²) in [6, 6.07) is 22.8. The van der Waals surface area contributed by atoms with Crippen molar-refractivity contribution in [3.63, 3.8) is 0 Å². The van der Waals surface area contributed by atoms with Gasteiger partial charge in [-0.15, -0.1) is 0 Å². The van der Waals surface area contributed by atoms with Gasteiger partial charge in [0.05, 0.1) is 10.9 Å². The molecule has 0 spiro atoms. The summed E-state index contributed by atoms with van der Waals surface area (Å²) in [5, 5.41) is 3.56. The summed E-state index contributed by atoms with van der Waals surface area (Å²) in [4.78, 5) is 29.3. The Morgan fingerprint density at radius 3 is 2.52 bits per heavy atom. The van der Waals surface area contributed by atoms with Gasteiger partial charge in [-0.05, 0) is 67.0 Å². The first-order chi connectivity index (χ1) is 15.1. The fourth-order valence-electron chi connectivity index (χ4n) is 3.95. The van der Waals surface area contributed by atoms with Crippen LogP contribution in [-0.4, -0.2) is 15.5 Å². The van der Waals surface area contributed by atoms with Gasteiger partial charge in [-0.1, -0.05) is 42.0 Å². The molecule has 5 nitrogen and oxygen atoms in total. The molecule has 3 aromatic carbocycles. The molecule has 0 atom stereocenters. The molecule has 5 rings (SSSR count). The SMILES string of the molecule is Cc1ccc(NC(=O)c2ccc(/C=C3\CCn4c3nc(=O)c3ccccc34)cc2)cc1. The van der Waals surface area contributed by atoms with Gasteiger partial charge in [0.2, 0.25) is 0 Å². The van der Waals surface area contributed by atoms with Crippen LogP contribution in [0.2, 0.25) is 0 Å². The molecule has 31 heavy (non-hydrogen) atoms. The van der Waals surface area contributed by atoms with Crippen LogP contribution in [0.4, 0.5) is 5.69 Å². The smallest absolute Gasteiger partial charge is 0.281 e. The molecular formula is C26H21N3O2. The van der Waals surface area contributed by atoms with Gasteiger partial charge in [-0.2, -0.15) is 4.98 Å². The number of para-hydroxylation sites is 1. The van der Waals surface area contributed by atoms with E-state index in [1.165, 1.54) is 0 Å². The zero-order valence-electron chi connectivity index (χ0n) is 17.1. The zero-order valence-corrected chi connectivity index (χ0v) is 17.1. The van der Waals surface area contributed by atoms with Crippen molar-refractivity contribution < 1.29 is 4.79 Å². The quantitative estimate of drug-likeness (QED) is 0.525. The van der Waals surface area contributed by atoms with Crippen LogP contribution in [0.3, 0.4) is 0 Å². The number of benzene rings is 3. The maximum Gasteiger partial charge on any atom is 0.281 e. The van der Waals surface area contributed by atoms with Crippen molar-refractivity contribution in [3.8, 4) is 0 Å². The van der Waals surface area contributed by atoms with Crippen molar-refractivity contribution in [2.75, 3.05) is 5.32 Å². The van der Waals surface area contributed by atoms with Gasteiger partial charge in [0.25, 0.3) is 11.5 Å². The molecule has 4 aromatic rings. The van der Waals surface area contributed by atoms with Crippen LogP contribution >= 0.6 is 0 Å². The normalized spacial score (nSPS) is 14.0. The lowest BCUT2D eigenvalue weighted by Crippen LogP contribution is -2.14. The Labute approximate surface area is 179 Å². The monoisotopic (exact) mass is 407 g/mol. The lowest BCUT2D eigenvalue weighted by atomic mass is 10.1. The second kappa shape index (κ2) is 7.69. The summed E-state index contributed by atoms with van der Waals surface area (Å²) in [6.07, 6.45) is 2.86. The predicted octanol–water partition coefficient (Wildman–Crippen LogP) is 4.90. The molecule has 0 unspecified atom stereocenters. The first kappa shape index (κ1) is 19.0. The third kappa shape index (κ3) is 3.66. The van der Waals surface area contributed by atoms with Crippen LogP contribution in [0.15, 0.2) is 77.6 Å². The number of allylic oxidation sites excluding steroid dienone is 1. The fourth-order valence-corrected chi connectivity index (χ4v) is 3.95.